The molecule has 102 valence electrons. The van der Waals surface area contributed by atoms with Gasteiger partial charge in [0.25, 0.3) is 0 Å². The molecule has 3 nitrogen and oxygen atoms in total. The third kappa shape index (κ3) is 2.25. The first-order valence-corrected chi connectivity index (χ1v) is 7.50. The van der Waals surface area contributed by atoms with Gasteiger partial charge in [0.15, 0.2) is 0 Å². The van der Waals surface area contributed by atoms with Gasteiger partial charge < -0.3 is 4.42 Å². The maximum absolute atomic E-state index is 12.2. The van der Waals surface area contributed by atoms with Crippen molar-refractivity contribution in [1.29, 1.82) is 0 Å². The minimum Gasteiger partial charge on any atom is -0.408 e. The van der Waals surface area contributed by atoms with Crippen molar-refractivity contribution in [2.75, 3.05) is 0 Å². The van der Waals surface area contributed by atoms with Crippen molar-refractivity contribution >= 4 is 33.2 Å². The van der Waals surface area contributed by atoms with Crippen LogP contribution in [0.15, 0.2) is 38.9 Å². The van der Waals surface area contributed by atoms with E-state index in [-0.39, 0.29) is 11.5 Å². The standard InChI is InChI=1S/C15H12ClNO2S/c1-8(2)13-17-14-12(15(18)19-13)11(7-20-14)9-3-5-10(16)6-4-9/h3-8H,1-2H3. The summed E-state index contributed by atoms with van der Waals surface area (Å²) in [5, 5.41) is 3.14. The first-order chi connectivity index (χ1) is 9.56. The van der Waals surface area contributed by atoms with Gasteiger partial charge in [-0.3, -0.25) is 0 Å². The number of hydrogen-bond acceptors (Lipinski definition) is 4. The lowest BCUT2D eigenvalue weighted by Crippen LogP contribution is -2.05. The highest BCUT2D eigenvalue weighted by atomic mass is 35.5. The monoisotopic (exact) mass is 305 g/mol. The molecule has 20 heavy (non-hydrogen) atoms. The summed E-state index contributed by atoms with van der Waals surface area (Å²) in [6.07, 6.45) is 0. The van der Waals surface area contributed by atoms with Crippen LogP contribution in [0.1, 0.15) is 25.7 Å². The predicted octanol–water partition coefficient (Wildman–Crippen LogP) is 4.69. The van der Waals surface area contributed by atoms with E-state index < -0.39 is 0 Å². The molecule has 0 bridgehead atoms. The van der Waals surface area contributed by atoms with Crippen LogP contribution in [0, 0.1) is 0 Å². The molecular weight excluding hydrogens is 294 g/mol. The highest BCUT2D eigenvalue weighted by molar-refractivity contribution is 7.17. The van der Waals surface area contributed by atoms with Crippen LogP contribution in [0.25, 0.3) is 21.3 Å². The number of halogens is 1. The van der Waals surface area contributed by atoms with E-state index in [1.165, 1.54) is 11.3 Å². The quantitative estimate of drug-likeness (QED) is 0.689. The number of thiophene rings is 1. The van der Waals surface area contributed by atoms with E-state index in [9.17, 15) is 4.79 Å². The van der Waals surface area contributed by atoms with Gasteiger partial charge >= 0.3 is 5.63 Å². The van der Waals surface area contributed by atoms with Crippen molar-refractivity contribution < 1.29 is 4.42 Å². The smallest absolute Gasteiger partial charge is 0.348 e. The van der Waals surface area contributed by atoms with E-state index in [2.05, 4.69) is 4.98 Å². The number of fused-ring (bicyclic) bond motifs is 1. The second kappa shape index (κ2) is 5.04. The molecule has 1 aromatic carbocycles. The number of aromatic nitrogens is 1. The summed E-state index contributed by atoms with van der Waals surface area (Å²) in [4.78, 5) is 17.3. The summed E-state index contributed by atoms with van der Waals surface area (Å²) >= 11 is 7.34. The van der Waals surface area contributed by atoms with Crippen molar-refractivity contribution in [3.05, 3.63) is 51.0 Å². The van der Waals surface area contributed by atoms with Crippen LogP contribution in [-0.2, 0) is 0 Å². The molecule has 5 heteroatoms. The molecule has 3 rings (SSSR count). The van der Waals surface area contributed by atoms with Crippen LogP contribution < -0.4 is 5.63 Å². The Morgan fingerprint density at radius 3 is 2.60 bits per heavy atom. The molecule has 2 heterocycles. The zero-order valence-electron chi connectivity index (χ0n) is 11.0. The summed E-state index contributed by atoms with van der Waals surface area (Å²) in [6.45, 7) is 3.90. The van der Waals surface area contributed by atoms with Crippen LogP contribution in [0.3, 0.4) is 0 Å². The fourth-order valence-corrected chi connectivity index (χ4v) is 3.05. The van der Waals surface area contributed by atoms with Crippen LogP contribution in [-0.4, -0.2) is 4.98 Å². The van der Waals surface area contributed by atoms with Crippen LogP contribution >= 0.6 is 22.9 Å². The van der Waals surface area contributed by atoms with Gasteiger partial charge in [-0.2, -0.15) is 0 Å². The highest BCUT2D eigenvalue weighted by Crippen LogP contribution is 2.32. The molecular formula is C15H12ClNO2S. The molecule has 0 fully saturated rings. The molecule has 0 saturated heterocycles. The van der Waals surface area contributed by atoms with Gasteiger partial charge in [0.1, 0.15) is 10.2 Å². The van der Waals surface area contributed by atoms with E-state index in [1.54, 1.807) is 12.1 Å². The van der Waals surface area contributed by atoms with Gasteiger partial charge in [-0.25, -0.2) is 9.78 Å². The maximum atomic E-state index is 12.2. The van der Waals surface area contributed by atoms with Gasteiger partial charge in [0, 0.05) is 21.9 Å². The molecule has 2 aromatic heterocycles. The Balaban J connectivity index is 2.24. The van der Waals surface area contributed by atoms with E-state index >= 15 is 0 Å². The normalized spacial score (nSPS) is 11.4. The van der Waals surface area contributed by atoms with Gasteiger partial charge in [0.05, 0.1) is 0 Å². The van der Waals surface area contributed by atoms with Crippen molar-refractivity contribution in [2.24, 2.45) is 0 Å². The molecule has 3 aromatic rings. The summed E-state index contributed by atoms with van der Waals surface area (Å²) in [6, 6.07) is 7.38. The van der Waals surface area contributed by atoms with E-state index in [1.807, 2.05) is 31.4 Å². The van der Waals surface area contributed by atoms with Crippen LogP contribution in [0.2, 0.25) is 5.02 Å². The minimum atomic E-state index is -0.329. The lowest BCUT2D eigenvalue weighted by molar-refractivity contribution is 0.425. The number of benzene rings is 1. The van der Waals surface area contributed by atoms with Crippen molar-refractivity contribution in [1.82, 2.24) is 4.98 Å². The summed E-state index contributed by atoms with van der Waals surface area (Å²) in [7, 11) is 0. The minimum absolute atomic E-state index is 0.0909. The molecule has 0 atom stereocenters. The largest absolute Gasteiger partial charge is 0.408 e. The summed E-state index contributed by atoms with van der Waals surface area (Å²) in [5.41, 5.74) is 1.45. The average Bonchev–Trinajstić information content (AvgIpc) is 2.84. The lowest BCUT2D eigenvalue weighted by Gasteiger charge is -2.02. The Morgan fingerprint density at radius 2 is 1.95 bits per heavy atom. The molecule has 0 saturated carbocycles. The molecule has 0 radical (unpaired) electrons. The molecule has 0 unspecified atom stereocenters. The van der Waals surface area contributed by atoms with Crippen molar-refractivity contribution in [3.8, 4) is 11.1 Å². The van der Waals surface area contributed by atoms with Gasteiger partial charge in [0.2, 0.25) is 5.89 Å². The van der Waals surface area contributed by atoms with Crippen LogP contribution in [0.5, 0.6) is 0 Å². The average molecular weight is 306 g/mol. The second-order valence-corrected chi connectivity index (χ2v) is 6.13. The van der Waals surface area contributed by atoms with Gasteiger partial charge in [-0.1, -0.05) is 37.6 Å². The molecule has 0 N–H and O–H groups in total. The number of hydrogen-bond donors (Lipinski definition) is 0. The number of nitrogens with zero attached hydrogens (tertiary/aromatic N) is 1. The van der Waals surface area contributed by atoms with Gasteiger partial charge in [-0.15, -0.1) is 11.3 Å². The highest BCUT2D eigenvalue weighted by Gasteiger charge is 2.15. The molecule has 0 aliphatic heterocycles. The third-order valence-electron chi connectivity index (χ3n) is 3.03. The molecule has 0 aliphatic rings. The first-order valence-electron chi connectivity index (χ1n) is 6.24. The van der Waals surface area contributed by atoms with E-state index in [0.29, 0.717) is 16.3 Å². The van der Waals surface area contributed by atoms with Gasteiger partial charge in [-0.05, 0) is 17.7 Å². The Hall–Kier alpha value is -1.65. The van der Waals surface area contributed by atoms with E-state index in [4.69, 9.17) is 16.0 Å². The fraction of sp³-hybridized carbons (Fsp3) is 0.200. The SMILES string of the molecule is CC(C)c1nc2scc(-c3ccc(Cl)cc3)c2c(=O)o1. The van der Waals surface area contributed by atoms with E-state index in [0.717, 1.165) is 16.0 Å². The topological polar surface area (TPSA) is 43.1 Å². The Bertz CT molecular complexity index is 818. The Morgan fingerprint density at radius 1 is 1.25 bits per heavy atom. The van der Waals surface area contributed by atoms with Crippen molar-refractivity contribution in [3.63, 3.8) is 0 Å². The summed E-state index contributed by atoms with van der Waals surface area (Å²) < 4.78 is 5.31. The molecule has 0 spiro atoms. The zero-order valence-corrected chi connectivity index (χ0v) is 12.6. The Kier molecular flexibility index (Phi) is 3.36. The fourth-order valence-electron chi connectivity index (χ4n) is 1.99. The van der Waals surface area contributed by atoms with Crippen molar-refractivity contribution in [2.45, 2.75) is 19.8 Å². The second-order valence-electron chi connectivity index (χ2n) is 4.83. The van der Waals surface area contributed by atoms with Crippen LogP contribution in [0.4, 0.5) is 0 Å². The maximum Gasteiger partial charge on any atom is 0.348 e. The number of rotatable bonds is 2. The summed E-state index contributed by atoms with van der Waals surface area (Å²) in [5.74, 6) is 0.570. The molecule has 0 aliphatic carbocycles. The predicted molar refractivity (Wildman–Crippen MR) is 82.7 cm³/mol. The lowest BCUT2D eigenvalue weighted by atomic mass is 10.1. The third-order valence-corrected chi connectivity index (χ3v) is 4.16. The molecule has 0 amide bonds. The zero-order chi connectivity index (χ0) is 14.3. The Labute approximate surface area is 124 Å². The first kappa shape index (κ1) is 13.3.